The quantitative estimate of drug-likeness (QED) is 0.656. The van der Waals surface area contributed by atoms with E-state index in [1.807, 2.05) is 19.1 Å². The fourth-order valence-electron chi connectivity index (χ4n) is 0.871. The molecular weight excluding hydrogens is 124 g/mol. The second-order valence-corrected chi connectivity index (χ2v) is 2.20. The Morgan fingerprint density at radius 1 is 1.50 bits per heavy atom. The molecule has 0 heterocycles. The monoisotopic (exact) mass is 134 g/mol. The molecule has 0 aliphatic carbocycles. The summed E-state index contributed by atoms with van der Waals surface area (Å²) in [5, 5.41) is 9.01. The molecule has 0 aromatic heterocycles. The summed E-state index contributed by atoms with van der Waals surface area (Å²) in [7, 11) is 0. The number of rotatable bonds is 2. The Labute approximate surface area is 61.3 Å². The summed E-state index contributed by atoms with van der Waals surface area (Å²) < 4.78 is 0. The molecule has 0 amide bonds. The van der Waals surface area contributed by atoms with Crippen LogP contribution in [-0.4, -0.2) is 5.11 Å². The molecular formula is C9H10O. The zero-order valence-electron chi connectivity index (χ0n) is 5.96. The van der Waals surface area contributed by atoms with E-state index in [0.29, 0.717) is 5.75 Å². The van der Waals surface area contributed by atoms with E-state index >= 15 is 0 Å². The Morgan fingerprint density at radius 3 is 2.90 bits per heavy atom. The van der Waals surface area contributed by atoms with E-state index in [1.165, 1.54) is 0 Å². The van der Waals surface area contributed by atoms with Gasteiger partial charge < -0.3 is 5.11 Å². The number of phenolic OH excluding ortho intramolecular Hbond substituents is 1. The van der Waals surface area contributed by atoms with Gasteiger partial charge in [-0.1, -0.05) is 19.1 Å². The Bertz CT molecular complexity index is 206. The summed E-state index contributed by atoms with van der Waals surface area (Å²) in [4.78, 5) is 0. The van der Waals surface area contributed by atoms with Crippen molar-refractivity contribution in [1.29, 1.82) is 0 Å². The van der Waals surface area contributed by atoms with Crippen molar-refractivity contribution in [2.75, 3.05) is 0 Å². The minimum atomic E-state index is 0.327. The number of hydrogen-bond acceptors (Lipinski definition) is 1. The third-order valence-electron chi connectivity index (χ3n) is 1.29. The fourth-order valence-corrected chi connectivity index (χ4v) is 0.871. The molecule has 0 atom stereocenters. The van der Waals surface area contributed by atoms with Gasteiger partial charge in [-0.05, 0) is 30.5 Å². The average Bonchev–Trinajstić information content (AvgIpc) is 1.88. The highest BCUT2D eigenvalue weighted by Gasteiger charge is 1.91. The van der Waals surface area contributed by atoms with Gasteiger partial charge in [0, 0.05) is 0 Å². The third-order valence-corrected chi connectivity index (χ3v) is 1.29. The molecule has 0 aliphatic heterocycles. The standard InChI is InChI=1S/C9H10O/c1-2-4-8-5-3-6-9(10)7-8/h3,5-7,10H,4H2,1H3. The van der Waals surface area contributed by atoms with Crippen LogP contribution in [-0.2, 0) is 6.42 Å². The van der Waals surface area contributed by atoms with Crippen LogP contribution >= 0.6 is 0 Å². The van der Waals surface area contributed by atoms with Crippen LogP contribution < -0.4 is 0 Å². The molecule has 0 bridgehead atoms. The van der Waals surface area contributed by atoms with Gasteiger partial charge in [0.15, 0.2) is 0 Å². The largest absolute Gasteiger partial charge is 0.508 e. The minimum absolute atomic E-state index is 0.327. The van der Waals surface area contributed by atoms with Crippen molar-refractivity contribution in [3.63, 3.8) is 0 Å². The molecule has 1 aromatic carbocycles. The van der Waals surface area contributed by atoms with Crippen molar-refractivity contribution in [2.45, 2.75) is 13.3 Å². The summed E-state index contributed by atoms with van der Waals surface area (Å²) in [5.41, 5.74) is 1.10. The van der Waals surface area contributed by atoms with Crippen LogP contribution in [0.3, 0.4) is 0 Å². The first kappa shape index (κ1) is 7.13. The van der Waals surface area contributed by atoms with Crippen LogP contribution in [0.1, 0.15) is 12.5 Å². The molecule has 1 N–H and O–H groups in total. The van der Waals surface area contributed by atoms with Gasteiger partial charge in [-0.15, -0.1) is 0 Å². The topological polar surface area (TPSA) is 20.2 Å². The number of benzene rings is 1. The number of hydrogen-bond donors (Lipinski definition) is 1. The molecule has 1 aromatic rings. The van der Waals surface area contributed by atoms with Crippen LogP contribution in [0.4, 0.5) is 0 Å². The van der Waals surface area contributed by atoms with Gasteiger partial charge >= 0.3 is 0 Å². The van der Waals surface area contributed by atoms with Crippen molar-refractivity contribution in [1.82, 2.24) is 0 Å². The molecule has 1 rings (SSSR count). The highest BCUT2D eigenvalue weighted by Crippen LogP contribution is 2.11. The van der Waals surface area contributed by atoms with Crippen molar-refractivity contribution < 1.29 is 5.11 Å². The Hall–Kier alpha value is -0.980. The van der Waals surface area contributed by atoms with E-state index < -0.39 is 0 Å². The molecule has 0 saturated carbocycles. The maximum absolute atomic E-state index is 9.01. The molecule has 0 fully saturated rings. The normalized spacial score (nSPS) is 9.70. The van der Waals surface area contributed by atoms with Crippen molar-refractivity contribution in [3.05, 3.63) is 36.2 Å². The van der Waals surface area contributed by atoms with Gasteiger partial charge in [-0.2, -0.15) is 0 Å². The van der Waals surface area contributed by atoms with E-state index in [0.717, 1.165) is 12.0 Å². The van der Waals surface area contributed by atoms with E-state index in [2.05, 4.69) is 6.42 Å². The Balaban J connectivity index is 2.75. The number of aromatic hydroxyl groups is 1. The molecule has 10 heavy (non-hydrogen) atoms. The van der Waals surface area contributed by atoms with Crippen LogP contribution in [0.5, 0.6) is 5.75 Å². The lowest BCUT2D eigenvalue weighted by Crippen LogP contribution is -1.80. The van der Waals surface area contributed by atoms with E-state index in [9.17, 15) is 0 Å². The summed E-state index contributed by atoms with van der Waals surface area (Å²) in [6.07, 6.45) is 3.80. The van der Waals surface area contributed by atoms with Gasteiger partial charge in [0.2, 0.25) is 0 Å². The maximum atomic E-state index is 9.01. The van der Waals surface area contributed by atoms with Crippen molar-refractivity contribution in [2.24, 2.45) is 0 Å². The van der Waals surface area contributed by atoms with E-state index in [1.54, 1.807) is 12.1 Å². The molecule has 2 radical (unpaired) electrons. The molecule has 0 aliphatic rings. The molecule has 1 heteroatoms. The zero-order chi connectivity index (χ0) is 7.40. The van der Waals surface area contributed by atoms with Crippen molar-refractivity contribution in [3.8, 4) is 5.75 Å². The predicted octanol–water partition coefficient (Wildman–Crippen LogP) is 2.04. The first-order chi connectivity index (χ1) is 4.83. The molecule has 0 unspecified atom stereocenters. The number of phenols is 1. The highest BCUT2D eigenvalue weighted by molar-refractivity contribution is 5.27. The summed E-state index contributed by atoms with van der Waals surface area (Å²) in [6.45, 7) is 1.88. The lowest BCUT2D eigenvalue weighted by molar-refractivity contribution is 0.474. The second kappa shape index (κ2) is 3.25. The lowest BCUT2D eigenvalue weighted by Gasteiger charge is -1.96. The minimum Gasteiger partial charge on any atom is -0.508 e. The van der Waals surface area contributed by atoms with E-state index in [4.69, 9.17) is 5.11 Å². The maximum Gasteiger partial charge on any atom is 0.115 e. The van der Waals surface area contributed by atoms with Crippen LogP contribution in [0.25, 0.3) is 0 Å². The van der Waals surface area contributed by atoms with Gasteiger partial charge in [0.05, 0.1) is 0 Å². The fraction of sp³-hybridized carbons (Fsp3) is 0.222. The molecule has 0 saturated heterocycles. The zero-order valence-corrected chi connectivity index (χ0v) is 5.96. The molecule has 1 nitrogen and oxygen atoms in total. The molecule has 0 spiro atoms. The van der Waals surface area contributed by atoms with Gasteiger partial charge in [0.1, 0.15) is 5.75 Å². The summed E-state index contributed by atoms with van der Waals surface area (Å²) >= 11 is 0. The Kier molecular flexibility index (Phi) is 2.32. The van der Waals surface area contributed by atoms with Gasteiger partial charge in [-0.3, -0.25) is 0 Å². The summed E-state index contributed by atoms with van der Waals surface area (Å²) in [5.74, 6) is 0.327. The SMILES string of the molecule is C[C]Cc1cccc(O)c1. The second-order valence-electron chi connectivity index (χ2n) is 2.20. The molecule has 52 valence electrons. The van der Waals surface area contributed by atoms with Crippen LogP contribution in [0.15, 0.2) is 24.3 Å². The van der Waals surface area contributed by atoms with Crippen LogP contribution in [0.2, 0.25) is 0 Å². The van der Waals surface area contributed by atoms with Crippen LogP contribution in [0, 0.1) is 6.42 Å². The van der Waals surface area contributed by atoms with E-state index in [-0.39, 0.29) is 0 Å². The third kappa shape index (κ3) is 1.76. The highest BCUT2D eigenvalue weighted by atomic mass is 16.3. The predicted molar refractivity (Wildman–Crippen MR) is 40.7 cm³/mol. The van der Waals surface area contributed by atoms with Gasteiger partial charge in [0.25, 0.3) is 0 Å². The first-order valence-corrected chi connectivity index (χ1v) is 3.25. The average molecular weight is 134 g/mol. The summed E-state index contributed by atoms with van der Waals surface area (Å²) in [6, 6.07) is 7.22. The van der Waals surface area contributed by atoms with Crippen molar-refractivity contribution >= 4 is 0 Å². The Morgan fingerprint density at radius 2 is 2.30 bits per heavy atom. The lowest BCUT2D eigenvalue weighted by atomic mass is 10.1. The first-order valence-electron chi connectivity index (χ1n) is 3.25. The smallest absolute Gasteiger partial charge is 0.115 e. The van der Waals surface area contributed by atoms with Gasteiger partial charge in [-0.25, -0.2) is 0 Å².